The molecule has 0 radical (unpaired) electrons. The number of aliphatic carboxylic acids is 1. The van der Waals surface area contributed by atoms with Crippen LogP contribution in [0, 0.1) is 0 Å². The number of hydrogen-bond acceptors (Lipinski definition) is 4. The number of carbonyl (C=O) groups is 1. The first-order valence-corrected chi connectivity index (χ1v) is 5.45. The smallest absolute Gasteiger partial charge is 0.313 e. The summed E-state index contributed by atoms with van der Waals surface area (Å²) in [4.78, 5) is 11.4. The van der Waals surface area contributed by atoms with Gasteiger partial charge in [-0.2, -0.15) is 0 Å². The maximum atomic E-state index is 10.3. The third-order valence-corrected chi connectivity index (χ3v) is 3.53. The van der Waals surface area contributed by atoms with Gasteiger partial charge < -0.3 is 9.84 Å². The normalized spacial score (nSPS) is 10.2. The Bertz CT molecular complexity index is 283. The summed E-state index contributed by atoms with van der Waals surface area (Å²) in [5, 5.41) is 8.44. The van der Waals surface area contributed by atoms with Crippen LogP contribution in [0.1, 0.15) is 4.88 Å². The number of thiophene rings is 1. The third-order valence-electron chi connectivity index (χ3n) is 1.26. The molecule has 5 heteroatoms. The Morgan fingerprint density at radius 2 is 2.46 bits per heavy atom. The van der Waals surface area contributed by atoms with Crippen molar-refractivity contribution in [3.05, 3.63) is 17.0 Å². The van der Waals surface area contributed by atoms with Gasteiger partial charge in [-0.05, 0) is 12.1 Å². The number of rotatable bonds is 5. The van der Waals surface area contributed by atoms with Crippen molar-refractivity contribution in [2.24, 2.45) is 0 Å². The number of methoxy groups -OCH3 is 1. The van der Waals surface area contributed by atoms with Crippen LogP contribution in [0.5, 0.6) is 0 Å². The van der Waals surface area contributed by atoms with Crippen molar-refractivity contribution < 1.29 is 14.6 Å². The van der Waals surface area contributed by atoms with Gasteiger partial charge in [-0.1, -0.05) is 0 Å². The first-order valence-electron chi connectivity index (χ1n) is 3.64. The zero-order valence-electron chi connectivity index (χ0n) is 7.15. The summed E-state index contributed by atoms with van der Waals surface area (Å²) in [6.07, 6.45) is 0. The maximum absolute atomic E-state index is 10.3. The van der Waals surface area contributed by atoms with Gasteiger partial charge in [0.15, 0.2) is 0 Å². The zero-order chi connectivity index (χ0) is 9.68. The van der Waals surface area contributed by atoms with Crippen molar-refractivity contribution in [3.63, 3.8) is 0 Å². The van der Waals surface area contributed by atoms with Crippen LogP contribution in [-0.2, 0) is 16.1 Å². The van der Waals surface area contributed by atoms with Crippen LogP contribution in [0.25, 0.3) is 0 Å². The van der Waals surface area contributed by atoms with Crippen molar-refractivity contribution in [1.29, 1.82) is 0 Å². The first-order chi connectivity index (χ1) is 6.22. The molecule has 0 aliphatic heterocycles. The van der Waals surface area contributed by atoms with Gasteiger partial charge in [-0.15, -0.1) is 23.1 Å². The monoisotopic (exact) mass is 218 g/mol. The van der Waals surface area contributed by atoms with Gasteiger partial charge in [-0.3, -0.25) is 4.79 Å². The molecule has 1 N–H and O–H groups in total. The minimum absolute atomic E-state index is 0.118. The Balaban J connectivity index is 2.44. The molecule has 0 fully saturated rings. The topological polar surface area (TPSA) is 46.5 Å². The minimum Gasteiger partial charge on any atom is -0.481 e. The van der Waals surface area contributed by atoms with Gasteiger partial charge in [0.25, 0.3) is 0 Å². The lowest BCUT2D eigenvalue weighted by molar-refractivity contribution is -0.133. The Kier molecular flexibility index (Phi) is 4.27. The molecule has 1 aromatic heterocycles. The Labute approximate surface area is 84.7 Å². The van der Waals surface area contributed by atoms with E-state index in [0.29, 0.717) is 6.61 Å². The third kappa shape index (κ3) is 3.80. The van der Waals surface area contributed by atoms with Crippen LogP contribution in [0.4, 0.5) is 0 Å². The second-order valence-corrected chi connectivity index (χ2v) is 4.78. The van der Waals surface area contributed by atoms with E-state index in [4.69, 9.17) is 9.84 Å². The van der Waals surface area contributed by atoms with Crippen LogP contribution in [0.15, 0.2) is 16.3 Å². The second kappa shape index (κ2) is 5.26. The fraction of sp³-hybridized carbons (Fsp3) is 0.375. The summed E-state index contributed by atoms with van der Waals surface area (Å²) in [5.41, 5.74) is 0. The molecule has 72 valence electrons. The van der Waals surface area contributed by atoms with Gasteiger partial charge >= 0.3 is 5.97 Å². The molecule has 0 amide bonds. The van der Waals surface area contributed by atoms with Gasteiger partial charge in [0.05, 0.1) is 16.6 Å². The number of carboxylic acid groups (broad SMARTS) is 1. The summed E-state index contributed by atoms with van der Waals surface area (Å²) >= 11 is 2.91. The zero-order valence-corrected chi connectivity index (χ0v) is 8.78. The van der Waals surface area contributed by atoms with Crippen molar-refractivity contribution in [2.75, 3.05) is 12.9 Å². The quantitative estimate of drug-likeness (QED) is 0.768. The highest BCUT2D eigenvalue weighted by atomic mass is 32.2. The highest BCUT2D eigenvalue weighted by Gasteiger charge is 2.03. The molecule has 0 aliphatic carbocycles. The molecular weight excluding hydrogens is 208 g/mol. The predicted molar refractivity (Wildman–Crippen MR) is 53.4 cm³/mol. The van der Waals surface area contributed by atoms with E-state index in [1.807, 2.05) is 12.1 Å². The lowest BCUT2D eigenvalue weighted by Crippen LogP contribution is -1.96. The number of thioether (sulfide) groups is 1. The van der Waals surface area contributed by atoms with E-state index in [9.17, 15) is 4.79 Å². The van der Waals surface area contributed by atoms with E-state index in [0.717, 1.165) is 9.09 Å². The second-order valence-electron chi connectivity index (χ2n) is 2.34. The Morgan fingerprint density at radius 1 is 1.69 bits per heavy atom. The summed E-state index contributed by atoms with van der Waals surface area (Å²) in [5.74, 6) is -0.667. The van der Waals surface area contributed by atoms with E-state index < -0.39 is 5.97 Å². The molecule has 0 unspecified atom stereocenters. The highest BCUT2D eigenvalue weighted by molar-refractivity contribution is 8.01. The molecule has 0 bridgehead atoms. The van der Waals surface area contributed by atoms with E-state index in [1.165, 1.54) is 11.8 Å². The van der Waals surface area contributed by atoms with Crippen LogP contribution in [0.3, 0.4) is 0 Å². The van der Waals surface area contributed by atoms with Crippen molar-refractivity contribution in [3.8, 4) is 0 Å². The van der Waals surface area contributed by atoms with Gasteiger partial charge in [0, 0.05) is 12.0 Å². The minimum atomic E-state index is -0.785. The van der Waals surface area contributed by atoms with Crippen molar-refractivity contribution >= 4 is 29.1 Å². The van der Waals surface area contributed by atoms with Crippen molar-refractivity contribution in [2.45, 2.75) is 10.8 Å². The largest absolute Gasteiger partial charge is 0.481 e. The molecular formula is C8H10O3S2. The fourth-order valence-electron chi connectivity index (χ4n) is 0.789. The molecule has 3 nitrogen and oxygen atoms in total. The molecule has 0 aliphatic rings. The average molecular weight is 218 g/mol. The lowest BCUT2D eigenvalue weighted by Gasteiger charge is -1.92. The summed E-state index contributed by atoms with van der Waals surface area (Å²) in [6.45, 7) is 0.596. The summed E-state index contributed by atoms with van der Waals surface area (Å²) < 4.78 is 5.97. The molecule has 0 saturated carbocycles. The molecule has 13 heavy (non-hydrogen) atoms. The van der Waals surface area contributed by atoms with Crippen LogP contribution >= 0.6 is 23.1 Å². The van der Waals surface area contributed by atoms with Gasteiger partial charge in [-0.25, -0.2) is 0 Å². The molecule has 0 saturated heterocycles. The SMILES string of the molecule is COCc1ccc(SCC(=O)O)s1. The van der Waals surface area contributed by atoms with Gasteiger partial charge in [0.1, 0.15) is 0 Å². The summed E-state index contributed by atoms with van der Waals surface area (Å²) in [6, 6.07) is 3.88. The highest BCUT2D eigenvalue weighted by Crippen LogP contribution is 2.27. The first kappa shape index (κ1) is 10.6. The fourth-order valence-corrected chi connectivity index (χ4v) is 2.66. The number of hydrogen-bond donors (Lipinski definition) is 1. The number of carboxylic acids is 1. The average Bonchev–Trinajstić information content (AvgIpc) is 2.50. The maximum Gasteiger partial charge on any atom is 0.313 e. The van der Waals surface area contributed by atoms with Crippen LogP contribution < -0.4 is 0 Å². The predicted octanol–water partition coefficient (Wildman–Crippen LogP) is 2.07. The van der Waals surface area contributed by atoms with Gasteiger partial charge in [0.2, 0.25) is 0 Å². The van der Waals surface area contributed by atoms with E-state index in [1.54, 1.807) is 18.4 Å². The lowest BCUT2D eigenvalue weighted by atomic mass is 10.5. The molecule has 0 atom stereocenters. The molecule has 1 rings (SSSR count). The van der Waals surface area contributed by atoms with Crippen LogP contribution in [-0.4, -0.2) is 23.9 Å². The van der Waals surface area contributed by atoms with E-state index >= 15 is 0 Å². The molecule has 1 aromatic rings. The molecule has 1 heterocycles. The van der Waals surface area contributed by atoms with E-state index in [2.05, 4.69) is 0 Å². The number of ether oxygens (including phenoxy) is 1. The van der Waals surface area contributed by atoms with E-state index in [-0.39, 0.29) is 5.75 Å². The summed E-state index contributed by atoms with van der Waals surface area (Å²) in [7, 11) is 1.64. The Morgan fingerprint density at radius 3 is 3.08 bits per heavy atom. The Hall–Kier alpha value is -0.520. The van der Waals surface area contributed by atoms with Crippen molar-refractivity contribution in [1.82, 2.24) is 0 Å². The standard InChI is InChI=1S/C8H10O3S2/c1-11-4-6-2-3-8(13-6)12-5-7(9)10/h2-3H,4-5H2,1H3,(H,9,10). The molecule has 0 aromatic carbocycles. The van der Waals surface area contributed by atoms with Crippen LogP contribution in [0.2, 0.25) is 0 Å². The molecule has 0 spiro atoms.